The van der Waals surface area contributed by atoms with Crippen molar-refractivity contribution in [2.75, 3.05) is 0 Å². The van der Waals surface area contributed by atoms with Crippen LogP contribution >= 0.6 is 11.6 Å². The molecule has 3 aromatic rings. The predicted molar refractivity (Wildman–Crippen MR) is 79.7 cm³/mol. The summed E-state index contributed by atoms with van der Waals surface area (Å²) in [5.74, 6) is -0.626. The normalized spacial score (nSPS) is 10.5. The molecule has 0 saturated heterocycles. The first-order valence-corrected chi connectivity index (χ1v) is 6.95. The molecule has 0 bridgehead atoms. The number of nitrogens with zero attached hydrogens (tertiary/aromatic N) is 2. The van der Waals surface area contributed by atoms with Crippen LogP contribution in [0.2, 0.25) is 5.02 Å². The number of benzene rings is 1. The molecule has 8 heteroatoms. The van der Waals surface area contributed by atoms with E-state index in [2.05, 4.69) is 15.2 Å². The van der Waals surface area contributed by atoms with Gasteiger partial charge in [-0.1, -0.05) is 23.7 Å². The lowest BCUT2D eigenvalue weighted by molar-refractivity contribution is -0.114. The second-order valence-corrected chi connectivity index (χ2v) is 4.92. The standard InChI is InChI=1S/C15H10ClN3O4/c16-10-3-1-2-4-12(10)23-13-6-5-9(22-13)7-11(20)14(21)15-17-8-18-19-15/h1-6,8H,7H2,(H,17,18,19). The average Bonchev–Trinajstić information content (AvgIpc) is 3.21. The van der Waals surface area contributed by atoms with Crippen molar-refractivity contribution in [1.82, 2.24) is 15.2 Å². The van der Waals surface area contributed by atoms with Crippen molar-refractivity contribution in [2.24, 2.45) is 0 Å². The number of aromatic nitrogens is 3. The number of ketones is 2. The molecule has 7 nitrogen and oxygen atoms in total. The van der Waals surface area contributed by atoms with Gasteiger partial charge in [0.25, 0.3) is 11.7 Å². The molecule has 3 rings (SSSR count). The molecule has 0 spiro atoms. The summed E-state index contributed by atoms with van der Waals surface area (Å²) in [6.07, 6.45) is 0.953. The number of Topliss-reactive ketones (excluding diaryl/α,β-unsaturated/α-hetero) is 2. The van der Waals surface area contributed by atoms with Gasteiger partial charge in [0.15, 0.2) is 5.82 Å². The van der Waals surface area contributed by atoms with Crippen LogP contribution in [0.1, 0.15) is 16.4 Å². The van der Waals surface area contributed by atoms with E-state index in [1.165, 1.54) is 0 Å². The predicted octanol–water partition coefficient (Wildman–Crippen LogP) is 2.84. The molecule has 0 aliphatic rings. The number of halogens is 1. The number of furan rings is 1. The van der Waals surface area contributed by atoms with E-state index in [1.807, 2.05) is 0 Å². The van der Waals surface area contributed by atoms with Gasteiger partial charge in [-0.2, -0.15) is 5.10 Å². The number of hydrogen-bond donors (Lipinski definition) is 1. The van der Waals surface area contributed by atoms with Crippen LogP contribution in [0.15, 0.2) is 47.1 Å². The van der Waals surface area contributed by atoms with E-state index in [0.717, 1.165) is 6.33 Å². The van der Waals surface area contributed by atoms with E-state index in [4.69, 9.17) is 20.8 Å². The first-order valence-electron chi connectivity index (χ1n) is 6.57. The van der Waals surface area contributed by atoms with Gasteiger partial charge in [0.2, 0.25) is 5.78 Å². The Hall–Kier alpha value is -2.93. The molecular weight excluding hydrogens is 322 g/mol. The van der Waals surface area contributed by atoms with E-state index in [-0.39, 0.29) is 18.2 Å². The van der Waals surface area contributed by atoms with Crippen molar-refractivity contribution in [2.45, 2.75) is 6.42 Å². The van der Waals surface area contributed by atoms with E-state index in [0.29, 0.717) is 16.5 Å². The van der Waals surface area contributed by atoms with Crippen LogP contribution in [0.3, 0.4) is 0 Å². The zero-order chi connectivity index (χ0) is 16.2. The molecule has 2 aromatic heterocycles. The lowest BCUT2D eigenvalue weighted by Crippen LogP contribution is -2.17. The zero-order valence-electron chi connectivity index (χ0n) is 11.7. The van der Waals surface area contributed by atoms with Crippen LogP contribution in [-0.2, 0) is 11.2 Å². The number of nitrogens with one attached hydrogen (secondary N) is 1. The molecule has 0 unspecified atom stereocenters. The molecule has 23 heavy (non-hydrogen) atoms. The van der Waals surface area contributed by atoms with Crippen LogP contribution < -0.4 is 4.74 Å². The van der Waals surface area contributed by atoms with Crippen LogP contribution in [-0.4, -0.2) is 26.7 Å². The van der Waals surface area contributed by atoms with Gasteiger partial charge in [-0.25, -0.2) is 4.98 Å². The Morgan fingerprint density at radius 3 is 2.78 bits per heavy atom. The van der Waals surface area contributed by atoms with Crippen molar-refractivity contribution in [1.29, 1.82) is 0 Å². The Kier molecular flexibility index (Phi) is 4.20. The number of hydrogen-bond acceptors (Lipinski definition) is 6. The summed E-state index contributed by atoms with van der Waals surface area (Å²) in [6.45, 7) is 0. The summed E-state index contributed by atoms with van der Waals surface area (Å²) >= 11 is 5.98. The fraction of sp³-hybridized carbons (Fsp3) is 0.0667. The highest BCUT2D eigenvalue weighted by Crippen LogP contribution is 2.30. The number of para-hydroxylation sites is 1. The molecule has 1 aromatic carbocycles. The quantitative estimate of drug-likeness (QED) is 0.551. The van der Waals surface area contributed by atoms with E-state index >= 15 is 0 Å². The molecule has 2 heterocycles. The van der Waals surface area contributed by atoms with Crippen LogP contribution in [0.5, 0.6) is 11.7 Å². The number of carbonyl (C=O) groups is 2. The SMILES string of the molecule is O=C(Cc1ccc(Oc2ccccc2Cl)o1)C(=O)c1ncn[nH]1. The third kappa shape index (κ3) is 3.46. The third-order valence-electron chi connectivity index (χ3n) is 2.90. The van der Waals surface area contributed by atoms with Crippen molar-refractivity contribution in [3.8, 4) is 11.7 Å². The highest BCUT2D eigenvalue weighted by Gasteiger charge is 2.21. The number of aromatic amines is 1. The minimum absolute atomic E-state index is 0.103. The topological polar surface area (TPSA) is 98.1 Å². The van der Waals surface area contributed by atoms with E-state index < -0.39 is 11.6 Å². The zero-order valence-corrected chi connectivity index (χ0v) is 12.4. The summed E-state index contributed by atoms with van der Waals surface area (Å²) in [4.78, 5) is 27.3. The van der Waals surface area contributed by atoms with Gasteiger partial charge in [0, 0.05) is 6.07 Å². The van der Waals surface area contributed by atoms with Crippen molar-refractivity contribution >= 4 is 23.2 Å². The molecule has 116 valence electrons. The highest BCUT2D eigenvalue weighted by atomic mass is 35.5. The number of rotatable bonds is 6. The van der Waals surface area contributed by atoms with Gasteiger partial charge in [0.05, 0.1) is 11.4 Å². The average molecular weight is 332 g/mol. The molecule has 0 radical (unpaired) electrons. The second kappa shape index (κ2) is 6.45. The minimum atomic E-state index is -0.757. The Balaban J connectivity index is 1.67. The lowest BCUT2D eigenvalue weighted by Gasteiger charge is -2.03. The van der Waals surface area contributed by atoms with E-state index in [9.17, 15) is 9.59 Å². The van der Waals surface area contributed by atoms with Crippen molar-refractivity contribution in [3.63, 3.8) is 0 Å². The first-order chi connectivity index (χ1) is 11.1. The summed E-state index contributed by atoms with van der Waals surface area (Å²) < 4.78 is 10.9. The Bertz CT molecular complexity index is 842. The first kappa shape index (κ1) is 15.0. The maximum absolute atomic E-state index is 11.9. The monoisotopic (exact) mass is 331 g/mol. The lowest BCUT2D eigenvalue weighted by atomic mass is 10.1. The van der Waals surface area contributed by atoms with Gasteiger partial charge in [-0.05, 0) is 18.2 Å². The molecule has 0 amide bonds. The molecule has 0 aliphatic carbocycles. The molecule has 0 aliphatic heterocycles. The summed E-state index contributed by atoms with van der Waals surface area (Å²) in [5, 5.41) is 6.31. The van der Waals surface area contributed by atoms with Gasteiger partial charge in [0.1, 0.15) is 17.8 Å². The van der Waals surface area contributed by atoms with Gasteiger partial charge in [-0.15, -0.1) is 0 Å². The van der Waals surface area contributed by atoms with Crippen LogP contribution in [0, 0.1) is 0 Å². The Morgan fingerprint density at radius 1 is 1.22 bits per heavy atom. The van der Waals surface area contributed by atoms with E-state index in [1.54, 1.807) is 36.4 Å². The maximum Gasteiger partial charge on any atom is 0.290 e. The molecule has 1 N–H and O–H groups in total. The van der Waals surface area contributed by atoms with Gasteiger partial charge < -0.3 is 9.15 Å². The second-order valence-electron chi connectivity index (χ2n) is 4.52. The summed E-state index contributed by atoms with van der Waals surface area (Å²) in [5.41, 5.74) is 0. The molecule has 0 atom stereocenters. The largest absolute Gasteiger partial charge is 0.430 e. The fourth-order valence-corrected chi connectivity index (χ4v) is 2.00. The minimum Gasteiger partial charge on any atom is -0.430 e. The number of carbonyl (C=O) groups excluding carboxylic acids is 2. The molecule has 0 fully saturated rings. The third-order valence-corrected chi connectivity index (χ3v) is 3.21. The summed E-state index contributed by atoms with van der Waals surface area (Å²) in [6, 6.07) is 10.0. The van der Waals surface area contributed by atoms with Crippen LogP contribution in [0.4, 0.5) is 0 Å². The molecular formula is C15H10ClN3O4. The number of ether oxygens (including phenoxy) is 1. The number of H-pyrrole nitrogens is 1. The smallest absolute Gasteiger partial charge is 0.290 e. The van der Waals surface area contributed by atoms with Crippen molar-refractivity contribution < 1.29 is 18.7 Å². The maximum atomic E-state index is 11.9. The fourth-order valence-electron chi connectivity index (χ4n) is 1.83. The summed E-state index contributed by atoms with van der Waals surface area (Å²) in [7, 11) is 0. The Labute approximate surface area is 135 Å². The van der Waals surface area contributed by atoms with Gasteiger partial charge in [-0.3, -0.25) is 14.7 Å². The highest BCUT2D eigenvalue weighted by molar-refractivity contribution is 6.42. The van der Waals surface area contributed by atoms with Crippen molar-refractivity contribution in [3.05, 3.63) is 59.3 Å². The Morgan fingerprint density at radius 2 is 2.04 bits per heavy atom. The molecule has 0 saturated carbocycles. The van der Waals surface area contributed by atoms with Crippen LogP contribution in [0.25, 0.3) is 0 Å². The van der Waals surface area contributed by atoms with Gasteiger partial charge >= 0.3 is 0 Å².